The predicted molar refractivity (Wildman–Crippen MR) is 73.2 cm³/mol. The normalized spacial score (nSPS) is 12.2. The lowest BCUT2D eigenvalue weighted by Crippen LogP contribution is -2.07. The molecule has 0 aliphatic rings. The van der Waals surface area contributed by atoms with E-state index in [1.165, 1.54) is 13.2 Å². The fourth-order valence-corrected chi connectivity index (χ4v) is 2.53. The molecule has 0 heterocycles. The highest BCUT2D eigenvalue weighted by molar-refractivity contribution is 7.86. The van der Waals surface area contributed by atoms with Crippen LogP contribution in [0, 0.1) is 0 Å². The molecule has 0 amide bonds. The minimum atomic E-state index is -3.98. The zero-order chi connectivity index (χ0) is 15.4. The van der Waals surface area contributed by atoms with E-state index in [2.05, 4.69) is 0 Å². The van der Waals surface area contributed by atoms with Gasteiger partial charge >= 0.3 is 10.1 Å². The van der Waals surface area contributed by atoms with Gasteiger partial charge in [0.1, 0.15) is 0 Å². The van der Waals surface area contributed by atoms with Crippen LogP contribution in [0.1, 0.15) is 12.0 Å². The van der Waals surface area contributed by atoms with Crippen molar-refractivity contribution < 1.29 is 30.3 Å². The molecule has 0 aliphatic heterocycles. The molecule has 1 aromatic carbocycles. The van der Waals surface area contributed by atoms with Crippen LogP contribution >= 0.6 is 0 Å². The lowest BCUT2D eigenvalue weighted by atomic mass is 10.1. The first-order valence-electron chi connectivity index (χ1n) is 5.62. The molecule has 114 valence electrons. The van der Waals surface area contributed by atoms with Gasteiger partial charge in [0.25, 0.3) is 10.1 Å². The summed E-state index contributed by atoms with van der Waals surface area (Å²) in [6.07, 6.45) is 1.57. The summed E-state index contributed by atoms with van der Waals surface area (Å²) in [6.45, 7) is 0. The largest absolute Gasteiger partial charge is 0.493 e. The van der Waals surface area contributed by atoms with E-state index in [1.807, 2.05) is 0 Å². The zero-order valence-electron chi connectivity index (χ0n) is 11.1. The van der Waals surface area contributed by atoms with E-state index in [4.69, 9.17) is 13.5 Å². The summed E-state index contributed by atoms with van der Waals surface area (Å²) in [5.41, 5.74) is 0.742. The summed E-state index contributed by atoms with van der Waals surface area (Å²) in [7, 11) is -6.26. The Kier molecular flexibility index (Phi) is 5.37. The van der Waals surface area contributed by atoms with Crippen molar-refractivity contribution >= 4 is 20.2 Å². The number of methoxy groups -OCH3 is 1. The summed E-state index contributed by atoms with van der Waals surface area (Å²) in [5.74, 6) is -0.0370. The Hall–Kier alpha value is -1.32. The fraction of sp³-hybridized carbons (Fsp3) is 0.455. The highest BCUT2D eigenvalue weighted by Gasteiger charge is 2.12. The van der Waals surface area contributed by atoms with Gasteiger partial charge in [0.2, 0.25) is 0 Å². The second kappa shape index (κ2) is 6.42. The van der Waals surface area contributed by atoms with Crippen molar-refractivity contribution in [3.05, 3.63) is 23.8 Å². The van der Waals surface area contributed by atoms with E-state index in [1.54, 1.807) is 12.1 Å². The summed E-state index contributed by atoms with van der Waals surface area (Å²) in [5, 5.41) is 0. The van der Waals surface area contributed by atoms with Gasteiger partial charge in [-0.25, -0.2) is 0 Å². The van der Waals surface area contributed by atoms with Gasteiger partial charge in [0.05, 0.1) is 19.1 Å². The molecule has 1 aromatic rings. The monoisotopic (exact) mass is 324 g/mol. The van der Waals surface area contributed by atoms with Gasteiger partial charge in [0, 0.05) is 0 Å². The Morgan fingerprint density at radius 2 is 1.80 bits per heavy atom. The van der Waals surface area contributed by atoms with Crippen LogP contribution in [0.15, 0.2) is 18.2 Å². The molecular weight excluding hydrogens is 308 g/mol. The van der Waals surface area contributed by atoms with Gasteiger partial charge in [-0.1, -0.05) is 6.07 Å². The van der Waals surface area contributed by atoms with Crippen LogP contribution < -0.4 is 8.92 Å². The molecule has 1 rings (SSSR count). The fourth-order valence-electron chi connectivity index (χ4n) is 1.56. The smallest absolute Gasteiger partial charge is 0.306 e. The first kappa shape index (κ1) is 16.7. The van der Waals surface area contributed by atoms with Gasteiger partial charge in [0.15, 0.2) is 11.5 Å². The zero-order valence-corrected chi connectivity index (χ0v) is 12.7. The molecule has 0 aromatic heterocycles. The molecule has 0 bridgehead atoms. The first-order valence-corrected chi connectivity index (χ1v) is 9.05. The molecular formula is C11H16O7S2. The minimum Gasteiger partial charge on any atom is -0.493 e. The van der Waals surface area contributed by atoms with E-state index in [9.17, 15) is 16.8 Å². The number of rotatable bonds is 7. The summed E-state index contributed by atoms with van der Waals surface area (Å²) in [6, 6.07) is 4.60. The molecule has 0 atom stereocenters. The quantitative estimate of drug-likeness (QED) is 0.585. The number of aryl methyl sites for hydroxylation is 1. The van der Waals surface area contributed by atoms with Gasteiger partial charge in [-0.15, -0.1) is 0 Å². The number of ether oxygens (including phenoxy) is 1. The van der Waals surface area contributed by atoms with E-state index in [0.29, 0.717) is 6.42 Å². The summed E-state index contributed by atoms with van der Waals surface area (Å²) >= 11 is 0. The van der Waals surface area contributed by atoms with Gasteiger partial charge in [-0.05, 0) is 30.5 Å². The van der Waals surface area contributed by atoms with Crippen molar-refractivity contribution in [2.75, 3.05) is 19.1 Å². The molecule has 0 saturated carbocycles. The predicted octanol–water partition coefficient (Wildman–Crippen LogP) is 0.854. The Balaban J connectivity index is 2.82. The molecule has 7 nitrogen and oxygen atoms in total. The Labute approximate surface area is 118 Å². The third-order valence-electron chi connectivity index (χ3n) is 2.34. The second-order valence-corrected chi connectivity index (χ2v) is 7.31. The van der Waals surface area contributed by atoms with E-state index < -0.39 is 20.2 Å². The van der Waals surface area contributed by atoms with Crippen LogP contribution in [0.2, 0.25) is 0 Å². The topological polar surface area (TPSA) is 107 Å². The third kappa shape index (κ3) is 6.22. The first-order chi connectivity index (χ1) is 9.11. The third-order valence-corrected chi connectivity index (χ3v) is 3.62. The average Bonchev–Trinajstić information content (AvgIpc) is 2.27. The van der Waals surface area contributed by atoms with Crippen molar-refractivity contribution in [3.8, 4) is 11.5 Å². The van der Waals surface area contributed by atoms with E-state index in [0.717, 1.165) is 11.8 Å². The van der Waals surface area contributed by atoms with Crippen LogP contribution in [0.5, 0.6) is 11.5 Å². The maximum absolute atomic E-state index is 11.1. The van der Waals surface area contributed by atoms with Crippen LogP contribution in [0.25, 0.3) is 0 Å². The summed E-state index contributed by atoms with van der Waals surface area (Å²) < 4.78 is 61.7. The number of hydrogen-bond acceptors (Lipinski definition) is 6. The van der Waals surface area contributed by atoms with Gasteiger partial charge in [-0.2, -0.15) is 16.8 Å². The van der Waals surface area contributed by atoms with Crippen LogP contribution in [-0.2, 0) is 26.7 Å². The maximum Gasteiger partial charge on any atom is 0.306 e. The van der Waals surface area contributed by atoms with E-state index in [-0.39, 0.29) is 23.7 Å². The van der Waals surface area contributed by atoms with Gasteiger partial charge in [-0.3, -0.25) is 4.55 Å². The number of hydrogen-bond donors (Lipinski definition) is 1. The van der Waals surface area contributed by atoms with Crippen LogP contribution in [0.4, 0.5) is 0 Å². The molecule has 0 saturated heterocycles. The van der Waals surface area contributed by atoms with E-state index >= 15 is 0 Å². The lowest BCUT2D eigenvalue weighted by Gasteiger charge is -2.10. The van der Waals surface area contributed by atoms with Crippen molar-refractivity contribution in [2.24, 2.45) is 0 Å². The molecule has 20 heavy (non-hydrogen) atoms. The Morgan fingerprint density at radius 1 is 1.15 bits per heavy atom. The van der Waals surface area contributed by atoms with Gasteiger partial charge < -0.3 is 8.92 Å². The van der Waals surface area contributed by atoms with Crippen LogP contribution in [0.3, 0.4) is 0 Å². The van der Waals surface area contributed by atoms with Crippen molar-refractivity contribution in [3.63, 3.8) is 0 Å². The molecule has 0 spiro atoms. The maximum atomic E-state index is 11.1. The number of benzene rings is 1. The molecule has 1 N–H and O–H groups in total. The van der Waals surface area contributed by atoms with Crippen molar-refractivity contribution in [2.45, 2.75) is 12.8 Å². The molecule has 0 radical (unpaired) electrons. The SMILES string of the molecule is COc1cc(CCCS(=O)(=O)O)ccc1OS(C)(=O)=O. The molecule has 0 aliphatic carbocycles. The minimum absolute atomic E-state index is 0.0635. The second-order valence-electron chi connectivity index (χ2n) is 4.16. The van der Waals surface area contributed by atoms with Crippen molar-refractivity contribution in [1.82, 2.24) is 0 Å². The molecule has 0 unspecified atom stereocenters. The highest BCUT2D eigenvalue weighted by atomic mass is 32.2. The van der Waals surface area contributed by atoms with Crippen LogP contribution in [-0.4, -0.2) is 40.5 Å². The molecule has 9 heteroatoms. The Bertz CT molecular complexity index is 662. The molecule has 0 fully saturated rings. The Morgan fingerprint density at radius 3 is 2.30 bits per heavy atom. The average molecular weight is 324 g/mol. The lowest BCUT2D eigenvalue weighted by molar-refractivity contribution is 0.391. The van der Waals surface area contributed by atoms with Crippen molar-refractivity contribution in [1.29, 1.82) is 0 Å². The standard InChI is InChI=1S/C11H16O7S2/c1-17-11-8-9(4-3-7-20(14,15)16)5-6-10(11)18-19(2,12)13/h5-6,8H,3-4,7H2,1-2H3,(H,14,15,16). The highest BCUT2D eigenvalue weighted by Crippen LogP contribution is 2.29. The summed E-state index contributed by atoms with van der Waals surface area (Å²) in [4.78, 5) is 0.